The van der Waals surface area contributed by atoms with Crippen LogP contribution in [0.15, 0.2) is 241 Å². The predicted molar refractivity (Wildman–Crippen MR) is 402 cm³/mol. The Balaban J connectivity index is 0.000000157. The lowest BCUT2D eigenvalue weighted by molar-refractivity contribution is 0.669. The largest absolute Gasteiger partial charge is 0.456 e. The highest BCUT2D eigenvalue weighted by Crippen LogP contribution is 2.53. The maximum atomic E-state index is 6.55. The Bertz CT molecular complexity index is 5140. The van der Waals surface area contributed by atoms with Crippen molar-refractivity contribution in [1.29, 1.82) is 0 Å². The highest BCUT2D eigenvalue weighted by atomic mass is 32.1. The molecule has 0 saturated heterocycles. The van der Waals surface area contributed by atoms with E-state index in [4.69, 9.17) is 15.9 Å². The lowest BCUT2D eigenvalue weighted by Gasteiger charge is -2.38. The third-order valence-corrected chi connectivity index (χ3v) is 19.9. The number of nitrogens with two attached hydrogens (primary N) is 2. The molecule has 0 amide bonds. The lowest BCUT2D eigenvalue weighted by atomic mass is 9.88. The second-order valence-electron chi connectivity index (χ2n) is 21.7. The van der Waals surface area contributed by atoms with Gasteiger partial charge in [-0.05, 0) is 139 Å². The van der Waals surface area contributed by atoms with E-state index in [1.165, 1.54) is 106 Å². The van der Waals surface area contributed by atoms with E-state index in [1.54, 1.807) is 11.3 Å². The van der Waals surface area contributed by atoms with Crippen molar-refractivity contribution in [2.45, 2.75) is 67.2 Å². The molecule has 0 atom stereocenters. The monoisotopic (exact) mass is 1230 g/mol. The molecule has 450 valence electrons. The summed E-state index contributed by atoms with van der Waals surface area (Å²) in [7, 11) is 4.22. The van der Waals surface area contributed by atoms with Gasteiger partial charge in [0.2, 0.25) is 0 Å². The van der Waals surface area contributed by atoms with Crippen LogP contribution >= 0.6 is 34.0 Å². The van der Waals surface area contributed by atoms with Crippen molar-refractivity contribution < 1.29 is 4.42 Å². The van der Waals surface area contributed by atoms with Crippen molar-refractivity contribution in [3.63, 3.8) is 0 Å². The number of anilines is 1. The number of aryl methyl sites for hydroxylation is 2. The number of furan rings is 1. The van der Waals surface area contributed by atoms with Gasteiger partial charge in [0, 0.05) is 120 Å². The minimum absolute atomic E-state index is 0.464. The van der Waals surface area contributed by atoms with Crippen molar-refractivity contribution in [2.75, 3.05) is 11.9 Å². The molecule has 13 aromatic rings. The summed E-state index contributed by atoms with van der Waals surface area (Å²) < 4.78 is 14.7. The van der Waals surface area contributed by atoms with Crippen LogP contribution in [0, 0.1) is 0 Å². The van der Waals surface area contributed by atoms with Gasteiger partial charge in [-0.15, -0.1) is 34.0 Å². The molecule has 8 aromatic carbocycles. The second kappa shape index (κ2) is 27.4. The van der Waals surface area contributed by atoms with Crippen molar-refractivity contribution >= 4 is 162 Å². The van der Waals surface area contributed by atoms with Gasteiger partial charge < -0.3 is 25.4 Å². The van der Waals surface area contributed by atoms with Gasteiger partial charge in [-0.2, -0.15) is 0 Å². The summed E-state index contributed by atoms with van der Waals surface area (Å²) >= 11 is 5.51. The first kappa shape index (κ1) is 62.0. The first-order chi connectivity index (χ1) is 44.0. The van der Waals surface area contributed by atoms with Crippen molar-refractivity contribution in [3.8, 4) is 0 Å². The van der Waals surface area contributed by atoms with Crippen LogP contribution in [0.5, 0.6) is 0 Å². The molecule has 1 aliphatic carbocycles. The fourth-order valence-electron chi connectivity index (χ4n) is 12.6. The zero-order valence-corrected chi connectivity index (χ0v) is 55.1. The van der Waals surface area contributed by atoms with Gasteiger partial charge in [-0.1, -0.05) is 175 Å². The number of allylic oxidation sites excluding steroid dienone is 9. The Morgan fingerprint density at radius 1 is 0.600 bits per heavy atom. The topological polar surface area (TPSA) is 98.1 Å². The number of nitrogens with zero attached hydrogens (tertiary/aromatic N) is 4. The molecule has 2 aliphatic rings. The number of fused-ring (bicyclic) bond motifs is 18. The van der Waals surface area contributed by atoms with Gasteiger partial charge in [-0.3, -0.25) is 0 Å². The van der Waals surface area contributed by atoms with Crippen LogP contribution in [0.25, 0.3) is 111 Å². The summed E-state index contributed by atoms with van der Waals surface area (Å²) in [6.07, 6.45) is 24.4. The Kier molecular flexibility index (Phi) is 18.9. The molecule has 0 radical (unpaired) electrons. The van der Waals surface area contributed by atoms with Gasteiger partial charge in [0.15, 0.2) is 0 Å². The number of amidine groups is 2. The molecule has 10 heteroatoms. The molecular formula is C80H76N6OS3. The number of thiophene rings is 3. The van der Waals surface area contributed by atoms with Crippen LogP contribution < -0.4 is 16.4 Å². The number of rotatable bonds is 10. The lowest BCUT2D eigenvalue weighted by Crippen LogP contribution is -2.31. The van der Waals surface area contributed by atoms with Crippen LogP contribution in [0.3, 0.4) is 0 Å². The van der Waals surface area contributed by atoms with Crippen LogP contribution in [0.4, 0.5) is 5.69 Å². The summed E-state index contributed by atoms with van der Waals surface area (Å²) in [6, 6.07) is 51.9. The fraction of sp³-hybridized carbons (Fsp3) is 0.150. The van der Waals surface area contributed by atoms with E-state index in [2.05, 4.69) is 231 Å². The summed E-state index contributed by atoms with van der Waals surface area (Å²) in [5.41, 5.74) is 28.6. The van der Waals surface area contributed by atoms with E-state index in [0.717, 1.165) is 86.8 Å². The van der Waals surface area contributed by atoms with Crippen molar-refractivity contribution in [2.24, 2.45) is 28.5 Å². The average Bonchev–Trinajstić information content (AvgIpc) is 1.56. The van der Waals surface area contributed by atoms with E-state index in [0.29, 0.717) is 11.7 Å². The predicted octanol–water partition coefficient (Wildman–Crippen LogP) is 23.0. The molecule has 0 saturated carbocycles. The highest BCUT2D eigenvalue weighted by molar-refractivity contribution is 7.26. The van der Waals surface area contributed by atoms with Gasteiger partial charge in [0.1, 0.15) is 22.8 Å². The molecule has 0 bridgehead atoms. The van der Waals surface area contributed by atoms with Crippen LogP contribution in [-0.2, 0) is 13.5 Å². The number of para-hydroxylation sites is 1. The maximum absolute atomic E-state index is 6.55. The maximum Gasteiger partial charge on any atom is 0.135 e. The summed E-state index contributed by atoms with van der Waals surface area (Å²) in [4.78, 5) is 12.3. The molecule has 0 fully saturated rings. The molecule has 5 aromatic heterocycles. The average molecular weight is 1230 g/mol. The van der Waals surface area contributed by atoms with Crippen LogP contribution in [0.2, 0.25) is 0 Å². The zero-order valence-electron chi connectivity index (χ0n) is 52.7. The van der Waals surface area contributed by atoms with E-state index < -0.39 is 0 Å². The number of hydrogen-bond donors (Lipinski definition) is 2. The Morgan fingerprint density at radius 3 is 1.81 bits per heavy atom. The molecule has 6 heterocycles. The Labute approximate surface area is 540 Å². The quantitative estimate of drug-likeness (QED) is 0.0617. The second-order valence-corrected chi connectivity index (χ2v) is 24.9. The molecule has 90 heavy (non-hydrogen) atoms. The number of hydrogen-bond acceptors (Lipinski definition) is 7. The molecular weight excluding hydrogens is 1160 g/mol. The first-order valence-corrected chi connectivity index (χ1v) is 33.4. The van der Waals surface area contributed by atoms with Gasteiger partial charge in [-0.25, -0.2) is 9.98 Å². The normalized spacial score (nSPS) is 13.7. The Morgan fingerprint density at radius 2 is 1.18 bits per heavy atom. The van der Waals surface area contributed by atoms with Gasteiger partial charge >= 0.3 is 0 Å². The standard InChI is InChI=1S/C34H25N3OS.C34H25N3S2.2C5H10.C2H6/c1-4-10-20(21-15-16-28-24(17-21)22-11-6-8-13-27(22)38-28)18-26-32-31-23-12-7-9-14-29(23)39-30(31)19-25(33(32)37(26)3)34(35)36-5-2;1-3-36-34(35)25-18-29-30(23-10-5-7-14-28(23)38-29)31-24-17-19(15-16-26(24)37(2)32(25)31)20-11-8-12-22-21-9-4-6-13-27(21)39-33(20)22;2*1-3-5-4-2;1-2/h4-19H,1-2H2,3H3,(H2,35,36);3-7,9-11,13-18H,1,8,12H2,2H3,(H2,35,36);2*3,5H,4H2,1-2H3;1-2H3/b20-10+,26-18-;;2*5-3-;. The molecule has 0 unspecified atom stereocenters. The summed E-state index contributed by atoms with van der Waals surface area (Å²) in [5.74, 6) is 0.955. The summed E-state index contributed by atoms with van der Waals surface area (Å²) in [5, 5.41) is 11.2. The molecule has 4 N–H and O–H groups in total. The van der Waals surface area contributed by atoms with Gasteiger partial charge in [0.25, 0.3) is 0 Å². The van der Waals surface area contributed by atoms with Crippen LogP contribution in [-0.4, -0.2) is 23.3 Å². The van der Waals surface area contributed by atoms with E-state index >= 15 is 0 Å². The van der Waals surface area contributed by atoms with E-state index in [1.807, 2.05) is 80.7 Å². The minimum atomic E-state index is 0.464. The van der Waals surface area contributed by atoms with E-state index in [-0.39, 0.29) is 0 Å². The number of aromatic nitrogens is 1. The third kappa shape index (κ3) is 11.4. The Hall–Kier alpha value is -9.58. The van der Waals surface area contributed by atoms with E-state index in [9.17, 15) is 0 Å². The molecule has 0 spiro atoms. The molecule has 1 aliphatic heterocycles. The number of benzene rings is 8. The van der Waals surface area contributed by atoms with Crippen LogP contribution in [0.1, 0.15) is 99.1 Å². The summed E-state index contributed by atoms with van der Waals surface area (Å²) in [6.45, 7) is 23.9. The smallest absolute Gasteiger partial charge is 0.135 e. The first-order valence-electron chi connectivity index (χ1n) is 30.9. The SMILES string of the molecule is C/C=C\CC.C/C=C\CC.C=C/C=C(\C=C1\c2c(c(C(N)=NC=C)cc3sc4ccccc4c23)N1C)c1ccc2oc3ccccc3c2c1.C=CN=C(N)c1cc2sc3ccccc3c2c2c3cc(C4=CCCc5c4sc4ccccc54)ccc3n(C)c12.CC. The third-order valence-electron chi connectivity index (χ3n) is 16.4. The van der Waals surface area contributed by atoms with Crippen molar-refractivity contribution in [3.05, 3.63) is 265 Å². The molecule has 15 rings (SSSR count). The highest BCUT2D eigenvalue weighted by Gasteiger charge is 2.34. The zero-order chi connectivity index (χ0) is 63.2. The van der Waals surface area contributed by atoms with Crippen molar-refractivity contribution in [1.82, 2.24) is 4.57 Å². The minimum Gasteiger partial charge on any atom is -0.456 e. The van der Waals surface area contributed by atoms with Gasteiger partial charge in [0.05, 0.1) is 16.9 Å². The molecule has 7 nitrogen and oxygen atoms in total. The fourth-order valence-corrected chi connectivity index (χ4v) is 16.2. The number of aliphatic imine (C=N–C) groups is 2.